The number of carbonyl (C=O) groups is 1. The van der Waals surface area contributed by atoms with E-state index in [9.17, 15) is 17.6 Å². The average molecular weight is 350 g/mol. The lowest BCUT2D eigenvalue weighted by Gasteiger charge is -2.27. The first-order valence-corrected chi connectivity index (χ1v) is 8.75. The standard InChI is InChI=1S/C15H15FN4O3S/c16-12-3-1-2-4-14(12)24(22,23)19-8-15(21)20-6-5-13-11(9-20)7-17-10-18-13/h1-4,7,10,19H,5-6,8-9H2. The van der Waals surface area contributed by atoms with Crippen LogP contribution in [0.5, 0.6) is 0 Å². The molecule has 0 saturated heterocycles. The van der Waals surface area contributed by atoms with Crippen molar-refractivity contribution in [2.75, 3.05) is 13.1 Å². The lowest BCUT2D eigenvalue weighted by molar-refractivity contribution is -0.130. The van der Waals surface area contributed by atoms with Crippen LogP contribution in [0.3, 0.4) is 0 Å². The third-order valence-corrected chi connectivity index (χ3v) is 5.19. The molecule has 1 N–H and O–H groups in total. The predicted octanol–water partition coefficient (Wildman–Crippen LogP) is 0.479. The molecule has 3 rings (SSSR count). The van der Waals surface area contributed by atoms with Gasteiger partial charge in [-0.3, -0.25) is 4.79 Å². The van der Waals surface area contributed by atoms with Gasteiger partial charge in [0.1, 0.15) is 17.0 Å². The molecule has 0 atom stereocenters. The molecule has 1 aliphatic rings. The van der Waals surface area contributed by atoms with Crippen molar-refractivity contribution >= 4 is 15.9 Å². The number of aromatic nitrogens is 2. The lowest BCUT2D eigenvalue weighted by Crippen LogP contribution is -2.42. The van der Waals surface area contributed by atoms with Crippen LogP contribution in [0.15, 0.2) is 41.7 Å². The van der Waals surface area contributed by atoms with Crippen LogP contribution in [0.1, 0.15) is 11.3 Å². The molecule has 126 valence electrons. The van der Waals surface area contributed by atoms with E-state index in [2.05, 4.69) is 14.7 Å². The molecule has 0 aliphatic carbocycles. The molecule has 1 amide bonds. The minimum Gasteiger partial charge on any atom is -0.337 e. The summed E-state index contributed by atoms with van der Waals surface area (Å²) in [6.07, 6.45) is 3.69. The Morgan fingerprint density at radius 3 is 2.92 bits per heavy atom. The molecular formula is C15H15FN4O3S. The van der Waals surface area contributed by atoms with E-state index in [1.165, 1.54) is 23.4 Å². The van der Waals surface area contributed by atoms with E-state index in [-0.39, 0.29) is 5.91 Å². The van der Waals surface area contributed by atoms with Gasteiger partial charge >= 0.3 is 0 Å². The number of benzene rings is 1. The van der Waals surface area contributed by atoms with Gasteiger partial charge in [-0.25, -0.2) is 27.5 Å². The summed E-state index contributed by atoms with van der Waals surface area (Å²) in [5.74, 6) is -1.24. The molecule has 2 aromatic rings. The minimum atomic E-state index is -4.08. The zero-order valence-corrected chi connectivity index (χ0v) is 13.5. The fourth-order valence-electron chi connectivity index (χ4n) is 2.49. The Morgan fingerprint density at radius 2 is 2.12 bits per heavy atom. The van der Waals surface area contributed by atoms with E-state index in [0.29, 0.717) is 19.5 Å². The number of rotatable bonds is 4. The molecule has 0 fully saturated rings. The molecular weight excluding hydrogens is 335 g/mol. The molecule has 7 nitrogen and oxygen atoms in total. The quantitative estimate of drug-likeness (QED) is 0.866. The van der Waals surface area contributed by atoms with Crippen molar-refractivity contribution in [3.8, 4) is 0 Å². The van der Waals surface area contributed by atoms with E-state index < -0.39 is 27.3 Å². The first-order valence-electron chi connectivity index (χ1n) is 7.27. The van der Waals surface area contributed by atoms with Gasteiger partial charge in [0.25, 0.3) is 0 Å². The second kappa shape index (κ2) is 6.62. The van der Waals surface area contributed by atoms with Crippen LogP contribution in [0.2, 0.25) is 0 Å². The smallest absolute Gasteiger partial charge is 0.243 e. The van der Waals surface area contributed by atoms with Gasteiger partial charge in [0.2, 0.25) is 15.9 Å². The number of nitrogens with one attached hydrogen (secondary N) is 1. The van der Waals surface area contributed by atoms with Gasteiger partial charge < -0.3 is 4.90 Å². The van der Waals surface area contributed by atoms with Crippen molar-refractivity contribution in [2.45, 2.75) is 17.9 Å². The topological polar surface area (TPSA) is 92.3 Å². The normalized spacial score (nSPS) is 14.3. The Bertz CT molecular complexity index is 873. The van der Waals surface area contributed by atoms with Crippen LogP contribution in [-0.4, -0.2) is 42.3 Å². The van der Waals surface area contributed by atoms with Crippen LogP contribution in [-0.2, 0) is 27.8 Å². The lowest BCUT2D eigenvalue weighted by atomic mass is 10.1. The Morgan fingerprint density at radius 1 is 1.33 bits per heavy atom. The molecule has 0 unspecified atom stereocenters. The first kappa shape index (κ1) is 16.5. The number of nitrogens with zero attached hydrogens (tertiary/aromatic N) is 3. The summed E-state index contributed by atoms with van der Waals surface area (Å²) in [7, 11) is -4.08. The Kier molecular flexibility index (Phi) is 4.54. The first-order chi connectivity index (χ1) is 11.5. The molecule has 0 radical (unpaired) electrons. The SMILES string of the molecule is O=C(CNS(=O)(=O)c1ccccc1F)N1CCc2ncncc2C1. The van der Waals surface area contributed by atoms with E-state index in [1.807, 2.05) is 0 Å². The number of sulfonamides is 1. The monoisotopic (exact) mass is 350 g/mol. The van der Waals surface area contributed by atoms with Crippen molar-refractivity contribution in [3.63, 3.8) is 0 Å². The summed E-state index contributed by atoms with van der Waals surface area (Å²) in [4.78, 5) is 21.4. The van der Waals surface area contributed by atoms with Crippen molar-refractivity contribution in [2.24, 2.45) is 0 Å². The molecule has 24 heavy (non-hydrogen) atoms. The van der Waals surface area contributed by atoms with Crippen LogP contribution < -0.4 is 4.72 Å². The van der Waals surface area contributed by atoms with Gasteiger partial charge in [0.15, 0.2) is 0 Å². The predicted molar refractivity (Wildman–Crippen MR) is 82.7 cm³/mol. The van der Waals surface area contributed by atoms with Gasteiger partial charge in [-0.05, 0) is 12.1 Å². The van der Waals surface area contributed by atoms with Crippen molar-refractivity contribution in [1.29, 1.82) is 0 Å². The molecule has 0 saturated carbocycles. The largest absolute Gasteiger partial charge is 0.337 e. The van der Waals surface area contributed by atoms with Crippen LogP contribution in [0.4, 0.5) is 4.39 Å². The number of halogens is 1. The average Bonchev–Trinajstić information content (AvgIpc) is 2.59. The summed E-state index contributed by atoms with van der Waals surface area (Å²) >= 11 is 0. The maximum Gasteiger partial charge on any atom is 0.243 e. The minimum absolute atomic E-state index is 0.330. The summed E-state index contributed by atoms with van der Waals surface area (Å²) in [5, 5.41) is 0. The fraction of sp³-hybridized carbons (Fsp3) is 0.267. The molecule has 0 spiro atoms. The van der Waals surface area contributed by atoms with E-state index in [1.54, 1.807) is 6.20 Å². The number of hydrogen-bond acceptors (Lipinski definition) is 5. The third kappa shape index (κ3) is 3.41. The summed E-state index contributed by atoms with van der Waals surface area (Å²) in [6.45, 7) is 0.348. The maximum atomic E-state index is 13.6. The Balaban J connectivity index is 1.65. The van der Waals surface area contributed by atoms with Crippen molar-refractivity contribution in [3.05, 3.63) is 53.9 Å². The second-order valence-electron chi connectivity index (χ2n) is 5.31. The highest BCUT2D eigenvalue weighted by Crippen LogP contribution is 2.16. The maximum absolute atomic E-state index is 13.6. The third-order valence-electron chi connectivity index (χ3n) is 3.75. The molecule has 1 aromatic heterocycles. The molecule has 9 heteroatoms. The summed E-state index contributed by atoms with van der Waals surface area (Å²) < 4.78 is 39.9. The van der Waals surface area contributed by atoms with Gasteiger partial charge in [-0.1, -0.05) is 12.1 Å². The van der Waals surface area contributed by atoms with Crippen LogP contribution >= 0.6 is 0 Å². The molecule has 1 aromatic carbocycles. The molecule has 1 aliphatic heterocycles. The number of carbonyl (C=O) groups excluding carboxylic acids is 1. The Labute approximate surface area is 138 Å². The molecule has 2 heterocycles. The summed E-state index contributed by atoms with van der Waals surface area (Å²) in [6, 6.07) is 5.02. The fourth-order valence-corrected chi connectivity index (χ4v) is 3.54. The van der Waals surface area contributed by atoms with Crippen molar-refractivity contribution in [1.82, 2.24) is 19.6 Å². The van der Waals surface area contributed by atoms with Gasteiger partial charge in [-0.2, -0.15) is 0 Å². The van der Waals surface area contributed by atoms with E-state index >= 15 is 0 Å². The van der Waals surface area contributed by atoms with Crippen LogP contribution in [0.25, 0.3) is 0 Å². The summed E-state index contributed by atoms with van der Waals surface area (Å²) in [5.41, 5.74) is 1.73. The van der Waals surface area contributed by atoms with Gasteiger partial charge in [-0.15, -0.1) is 0 Å². The Hall–Kier alpha value is -2.39. The second-order valence-corrected chi connectivity index (χ2v) is 7.05. The zero-order valence-electron chi connectivity index (χ0n) is 12.6. The highest BCUT2D eigenvalue weighted by Gasteiger charge is 2.24. The molecule has 0 bridgehead atoms. The number of fused-ring (bicyclic) bond motifs is 1. The highest BCUT2D eigenvalue weighted by molar-refractivity contribution is 7.89. The van der Waals surface area contributed by atoms with Crippen molar-refractivity contribution < 1.29 is 17.6 Å². The number of amides is 1. The van der Waals surface area contributed by atoms with Gasteiger partial charge in [0.05, 0.1) is 12.2 Å². The van der Waals surface area contributed by atoms with Crippen LogP contribution in [0, 0.1) is 5.82 Å². The zero-order chi connectivity index (χ0) is 17.2. The number of hydrogen-bond donors (Lipinski definition) is 1. The highest BCUT2D eigenvalue weighted by atomic mass is 32.2. The van der Waals surface area contributed by atoms with E-state index in [0.717, 1.165) is 23.4 Å². The van der Waals surface area contributed by atoms with Gasteiger partial charge in [0, 0.05) is 31.3 Å². The van der Waals surface area contributed by atoms with E-state index in [4.69, 9.17) is 0 Å².